The number of amides is 1. The predicted molar refractivity (Wildman–Crippen MR) is 78.5 cm³/mol. The average molecular weight is 285 g/mol. The third-order valence-electron chi connectivity index (χ3n) is 4.15. The number of aliphatic hydroxyl groups is 1. The summed E-state index contributed by atoms with van der Waals surface area (Å²) in [4.78, 5) is 18.5. The van der Waals surface area contributed by atoms with Gasteiger partial charge in [0.2, 0.25) is 5.91 Å². The van der Waals surface area contributed by atoms with E-state index in [-0.39, 0.29) is 11.8 Å². The second-order valence-electron chi connectivity index (χ2n) is 5.67. The van der Waals surface area contributed by atoms with Crippen LogP contribution in [0.2, 0.25) is 0 Å². The van der Waals surface area contributed by atoms with Crippen molar-refractivity contribution in [3.63, 3.8) is 0 Å². The number of carbonyl (C=O) groups excluding carboxylic acids is 1. The van der Waals surface area contributed by atoms with Crippen LogP contribution in [0.5, 0.6) is 0 Å². The number of imidazole rings is 1. The van der Waals surface area contributed by atoms with Crippen LogP contribution < -0.4 is 0 Å². The van der Waals surface area contributed by atoms with Crippen LogP contribution in [0.3, 0.4) is 0 Å². The first kappa shape index (κ1) is 13.8. The second-order valence-corrected chi connectivity index (χ2v) is 5.67. The molecule has 1 amide bonds. The maximum absolute atomic E-state index is 12.4. The highest BCUT2D eigenvalue weighted by molar-refractivity contribution is 5.83. The summed E-state index contributed by atoms with van der Waals surface area (Å²) >= 11 is 0. The minimum atomic E-state index is -0.810. The molecule has 0 aliphatic carbocycles. The van der Waals surface area contributed by atoms with E-state index in [0.717, 1.165) is 11.3 Å². The van der Waals surface area contributed by atoms with E-state index in [1.165, 1.54) is 0 Å². The summed E-state index contributed by atoms with van der Waals surface area (Å²) in [7, 11) is 3.68. The maximum atomic E-state index is 12.4. The van der Waals surface area contributed by atoms with Crippen molar-refractivity contribution in [2.45, 2.75) is 12.0 Å². The van der Waals surface area contributed by atoms with Crippen LogP contribution in [-0.4, -0.2) is 39.1 Å². The molecule has 2 aromatic rings. The summed E-state index contributed by atoms with van der Waals surface area (Å²) in [5.74, 6) is -0.590. The topological polar surface area (TPSA) is 58.4 Å². The maximum Gasteiger partial charge on any atom is 0.229 e. The molecule has 0 bridgehead atoms. The van der Waals surface area contributed by atoms with Crippen molar-refractivity contribution in [2.24, 2.45) is 13.0 Å². The van der Waals surface area contributed by atoms with Gasteiger partial charge in [-0.2, -0.15) is 0 Å². The van der Waals surface area contributed by atoms with E-state index < -0.39 is 12.0 Å². The van der Waals surface area contributed by atoms with E-state index in [2.05, 4.69) is 4.98 Å². The van der Waals surface area contributed by atoms with Crippen molar-refractivity contribution in [3.05, 3.63) is 54.1 Å². The fraction of sp³-hybridized carbons (Fsp3) is 0.375. The number of likely N-dealkylation sites (tertiary alicyclic amines) is 1. The van der Waals surface area contributed by atoms with Crippen LogP contribution >= 0.6 is 0 Å². The molecule has 5 heteroatoms. The standard InChI is InChI=1S/C16H19N3O2/c1-18-9-13(17-10-18)12-8-19(2)16(21)14(12)15(20)11-6-4-3-5-7-11/h3-7,9-10,12,14-15,20H,8H2,1-2H3/t12-,14+,15+/m0/s1. The Morgan fingerprint density at radius 2 is 2.00 bits per heavy atom. The van der Waals surface area contributed by atoms with Crippen LogP contribution in [0, 0.1) is 5.92 Å². The summed E-state index contributed by atoms with van der Waals surface area (Å²) < 4.78 is 1.87. The SMILES string of the molecule is CN1C[C@@H](c2cn(C)cn2)[C@H]([C@H](O)c2ccccc2)C1=O. The third kappa shape index (κ3) is 2.45. The molecule has 1 fully saturated rings. The molecular weight excluding hydrogens is 266 g/mol. The molecule has 1 saturated heterocycles. The lowest BCUT2D eigenvalue weighted by atomic mass is 9.85. The van der Waals surface area contributed by atoms with Gasteiger partial charge in [0.25, 0.3) is 0 Å². The van der Waals surface area contributed by atoms with Gasteiger partial charge >= 0.3 is 0 Å². The lowest BCUT2D eigenvalue weighted by Gasteiger charge is -2.21. The highest BCUT2D eigenvalue weighted by atomic mass is 16.3. The van der Waals surface area contributed by atoms with Gasteiger partial charge in [0.1, 0.15) is 0 Å². The predicted octanol–water partition coefficient (Wildman–Crippen LogP) is 1.33. The summed E-state index contributed by atoms with van der Waals surface area (Å²) in [6, 6.07) is 9.35. The minimum absolute atomic E-state index is 0.0259. The van der Waals surface area contributed by atoms with Crippen molar-refractivity contribution in [1.29, 1.82) is 0 Å². The van der Waals surface area contributed by atoms with Gasteiger partial charge in [-0.25, -0.2) is 4.98 Å². The van der Waals surface area contributed by atoms with Crippen molar-refractivity contribution in [1.82, 2.24) is 14.5 Å². The zero-order valence-electron chi connectivity index (χ0n) is 12.2. The molecule has 3 atom stereocenters. The first-order valence-electron chi connectivity index (χ1n) is 7.04. The number of nitrogens with zero attached hydrogens (tertiary/aromatic N) is 3. The van der Waals surface area contributed by atoms with Crippen LogP contribution in [0.1, 0.15) is 23.3 Å². The molecule has 2 heterocycles. The number of aryl methyl sites for hydroxylation is 1. The number of likely N-dealkylation sites (N-methyl/N-ethyl adjacent to an activating group) is 1. The summed E-state index contributed by atoms with van der Waals surface area (Å²) in [5.41, 5.74) is 1.63. The van der Waals surface area contributed by atoms with Gasteiger partial charge in [-0.15, -0.1) is 0 Å². The molecule has 5 nitrogen and oxygen atoms in total. The van der Waals surface area contributed by atoms with Gasteiger partial charge in [0.05, 0.1) is 24.0 Å². The van der Waals surface area contributed by atoms with E-state index >= 15 is 0 Å². The fourth-order valence-corrected chi connectivity index (χ4v) is 3.04. The zero-order valence-corrected chi connectivity index (χ0v) is 12.2. The summed E-state index contributed by atoms with van der Waals surface area (Å²) in [6.07, 6.45) is 2.84. The minimum Gasteiger partial charge on any atom is -0.388 e. The monoisotopic (exact) mass is 285 g/mol. The molecule has 1 aliphatic heterocycles. The van der Waals surface area contributed by atoms with Crippen molar-refractivity contribution < 1.29 is 9.90 Å². The third-order valence-corrected chi connectivity index (χ3v) is 4.15. The van der Waals surface area contributed by atoms with Crippen LogP contribution in [0.4, 0.5) is 0 Å². The molecule has 1 aromatic heterocycles. The number of hydrogen-bond acceptors (Lipinski definition) is 3. The number of aliphatic hydroxyl groups excluding tert-OH is 1. The molecule has 21 heavy (non-hydrogen) atoms. The van der Waals surface area contributed by atoms with Gasteiger partial charge in [0.15, 0.2) is 0 Å². The van der Waals surface area contributed by atoms with E-state index in [1.54, 1.807) is 18.3 Å². The quantitative estimate of drug-likeness (QED) is 0.925. The van der Waals surface area contributed by atoms with E-state index in [0.29, 0.717) is 6.54 Å². The highest BCUT2D eigenvalue weighted by Crippen LogP contribution is 2.40. The van der Waals surface area contributed by atoms with Gasteiger partial charge < -0.3 is 14.6 Å². The van der Waals surface area contributed by atoms with E-state index in [9.17, 15) is 9.90 Å². The summed E-state index contributed by atoms with van der Waals surface area (Å²) in [6.45, 7) is 0.588. The van der Waals surface area contributed by atoms with Crippen molar-refractivity contribution in [3.8, 4) is 0 Å². The first-order valence-corrected chi connectivity index (χ1v) is 7.04. The number of carbonyl (C=O) groups is 1. The van der Waals surface area contributed by atoms with Crippen molar-refractivity contribution in [2.75, 3.05) is 13.6 Å². The fourth-order valence-electron chi connectivity index (χ4n) is 3.04. The molecule has 0 radical (unpaired) electrons. The molecular formula is C16H19N3O2. The Morgan fingerprint density at radius 1 is 1.29 bits per heavy atom. The Bertz CT molecular complexity index is 638. The molecule has 0 unspecified atom stereocenters. The highest BCUT2D eigenvalue weighted by Gasteiger charge is 2.45. The summed E-state index contributed by atoms with van der Waals surface area (Å²) in [5, 5.41) is 10.7. The Labute approximate surface area is 123 Å². The Kier molecular flexibility index (Phi) is 3.51. The van der Waals surface area contributed by atoms with Crippen LogP contribution in [0.25, 0.3) is 0 Å². The van der Waals surface area contributed by atoms with Gasteiger partial charge in [-0.05, 0) is 5.56 Å². The van der Waals surface area contributed by atoms with Gasteiger partial charge in [0, 0.05) is 32.8 Å². The van der Waals surface area contributed by atoms with Crippen LogP contribution in [0.15, 0.2) is 42.9 Å². The molecule has 110 valence electrons. The molecule has 0 saturated carbocycles. The lowest BCUT2D eigenvalue weighted by Crippen LogP contribution is -2.27. The zero-order chi connectivity index (χ0) is 15.0. The molecule has 1 N–H and O–H groups in total. The normalized spacial score (nSPS) is 23.6. The molecule has 1 aromatic carbocycles. The molecule has 1 aliphatic rings. The average Bonchev–Trinajstić information content (AvgIpc) is 3.04. The van der Waals surface area contributed by atoms with E-state index in [4.69, 9.17) is 0 Å². The number of benzene rings is 1. The largest absolute Gasteiger partial charge is 0.388 e. The van der Waals surface area contributed by atoms with Gasteiger partial charge in [-0.1, -0.05) is 30.3 Å². The Balaban J connectivity index is 1.95. The lowest BCUT2D eigenvalue weighted by molar-refractivity contribution is -0.133. The Morgan fingerprint density at radius 3 is 2.62 bits per heavy atom. The smallest absolute Gasteiger partial charge is 0.229 e. The van der Waals surface area contributed by atoms with E-state index in [1.807, 2.05) is 48.1 Å². The molecule has 3 rings (SSSR count). The number of hydrogen-bond donors (Lipinski definition) is 1. The first-order chi connectivity index (χ1) is 10.1. The molecule has 0 spiro atoms. The van der Waals surface area contributed by atoms with Crippen molar-refractivity contribution >= 4 is 5.91 Å². The second kappa shape index (κ2) is 5.33. The Hall–Kier alpha value is -2.14. The number of aromatic nitrogens is 2. The van der Waals surface area contributed by atoms with Crippen LogP contribution in [-0.2, 0) is 11.8 Å². The van der Waals surface area contributed by atoms with Gasteiger partial charge in [-0.3, -0.25) is 4.79 Å². The number of rotatable bonds is 3.